The first-order valence-corrected chi connectivity index (χ1v) is 5.55. The fourth-order valence-electron chi connectivity index (χ4n) is 1.74. The van der Waals surface area contributed by atoms with E-state index in [1.54, 1.807) is 36.2 Å². The van der Waals surface area contributed by atoms with Gasteiger partial charge in [-0.2, -0.15) is 0 Å². The summed E-state index contributed by atoms with van der Waals surface area (Å²) in [6.07, 6.45) is 0.501. The predicted octanol–water partition coefficient (Wildman–Crippen LogP) is 0.458. The van der Waals surface area contributed by atoms with Crippen LogP contribution in [0, 0.1) is 0 Å². The van der Waals surface area contributed by atoms with Crippen molar-refractivity contribution in [2.75, 3.05) is 11.6 Å². The molecule has 0 aromatic heterocycles. The molecule has 0 spiro atoms. The number of ketones is 1. The number of rotatable bonds is 3. The molecule has 1 amide bonds. The highest BCUT2D eigenvalue weighted by Gasteiger charge is 2.19. The summed E-state index contributed by atoms with van der Waals surface area (Å²) in [6, 6.07) is 6.58. The molecule has 90 valence electrons. The summed E-state index contributed by atoms with van der Waals surface area (Å²) in [5.41, 5.74) is 9.72. The summed E-state index contributed by atoms with van der Waals surface area (Å²) in [6.45, 7) is 2.32. The normalized spacial score (nSPS) is 16.8. The van der Waals surface area contributed by atoms with Crippen molar-refractivity contribution in [2.45, 2.75) is 19.4 Å². The first-order valence-electron chi connectivity index (χ1n) is 5.55. The smallest absolute Gasteiger partial charge is 0.240 e. The van der Waals surface area contributed by atoms with Crippen molar-refractivity contribution in [1.82, 2.24) is 5.43 Å². The van der Waals surface area contributed by atoms with Gasteiger partial charge in [-0.05, 0) is 31.2 Å². The molecule has 1 saturated heterocycles. The highest BCUT2D eigenvalue weighted by Crippen LogP contribution is 2.17. The van der Waals surface area contributed by atoms with Crippen LogP contribution in [0.5, 0.6) is 0 Å². The third-order valence-electron chi connectivity index (χ3n) is 2.70. The van der Waals surface area contributed by atoms with Crippen LogP contribution in [0.2, 0.25) is 0 Å². The van der Waals surface area contributed by atoms with Crippen molar-refractivity contribution in [3.8, 4) is 0 Å². The fraction of sp³-hybridized carbons (Fsp3) is 0.333. The fourth-order valence-corrected chi connectivity index (χ4v) is 1.74. The van der Waals surface area contributed by atoms with Gasteiger partial charge in [-0.1, -0.05) is 0 Å². The molecular formula is C12H15N3O2. The first kappa shape index (κ1) is 11.6. The Morgan fingerprint density at radius 2 is 2.06 bits per heavy atom. The summed E-state index contributed by atoms with van der Waals surface area (Å²) in [7, 11) is 0. The lowest BCUT2D eigenvalue weighted by Gasteiger charge is -2.17. The minimum absolute atomic E-state index is 0.0146. The van der Waals surface area contributed by atoms with Gasteiger partial charge in [0, 0.05) is 18.5 Å². The Morgan fingerprint density at radius 1 is 1.41 bits per heavy atom. The van der Waals surface area contributed by atoms with Gasteiger partial charge < -0.3 is 5.73 Å². The van der Waals surface area contributed by atoms with Crippen molar-refractivity contribution in [3.63, 3.8) is 0 Å². The number of Topliss-reactive ketones (excluding diaryl/α,β-unsaturated/α-hetero) is 1. The Morgan fingerprint density at radius 3 is 2.53 bits per heavy atom. The van der Waals surface area contributed by atoms with Crippen molar-refractivity contribution in [3.05, 3.63) is 29.8 Å². The van der Waals surface area contributed by atoms with Crippen LogP contribution in [0.1, 0.15) is 23.7 Å². The molecule has 3 N–H and O–H groups in total. The average Bonchev–Trinajstić information content (AvgIpc) is 2.75. The number of nitrogens with zero attached hydrogens (tertiary/aromatic N) is 1. The van der Waals surface area contributed by atoms with Gasteiger partial charge in [-0.25, -0.2) is 0 Å². The van der Waals surface area contributed by atoms with Crippen molar-refractivity contribution >= 4 is 17.4 Å². The summed E-state index contributed by atoms with van der Waals surface area (Å²) < 4.78 is 0. The minimum atomic E-state index is -0.493. The first-order chi connectivity index (χ1) is 8.08. The number of nitrogens with one attached hydrogen (secondary N) is 1. The summed E-state index contributed by atoms with van der Waals surface area (Å²) in [5.74, 6) is -0.0669. The molecule has 1 atom stereocenters. The summed E-state index contributed by atoms with van der Waals surface area (Å²) >= 11 is 0. The molecule has 17 heavy (non-hydrogen) atoms. The van der Waals surface area contributed by atoms with Crippen molar-refractivity contribution in [2.24, 2.45) is 5.73 Å². The molecule has 2 rings (SSSR count). The molecule has 1 aromatic rings. The second kappa shape index (κ2) is 4.55. The van der Waals surface area contributed by atoms with Crippen LogP contribution in [0.25, 0.3) is 0 Å². The minimum Gasteiger partial charge on any atom is -0.321 e. The zero-order chi connectivity index (χ0) is 12.4. The number of carbonyl (C=O) groups excluding carboxylic acids is 2. The summed E-state index contributed by atoms with van der Waals surface area (Å²) in [4.78, 5) is 22.7. The Bertz CT molecular complexity index is 440. The molecule has 0 aliphatic carbocycles. The molecule has 1 fully saturated rings. The topological polar surface area (TPSA) is 75.4 Å². The Balaban J connectivity index is 2.13. The average molecular weight is 233 g/mol. The lowest BCUT2D eigenvalue weighted by atomic mass is 10.1. The number of nitrogens with two attached hydrogens (primary N) is 1. The standard InChI is InChI=1S/C12H15N3O2/c1-8(13)12(17)9-2-4-10(5-3-9)15-7-6-11(16)14-15/h2-5,8H,6-7,13H2,1H3,(H,14,16). The van der Waals surface area contributed by atoms with E-state index < -0.39 is 6.04 Å². The second-order valence-corrected chi connectivity index (χ2v) is 4.14. The van der Waals surface area contributed by atoms with E-state index in [2.05, 4.69) is 5.43 Å². The predicted molar refractivity (Wildman–Crippen MR) is 64.5 cm³/mol. The molecule has 0 saturated carbocycles. The quantitative estimate of drug-likeness (QED) is 0.744. The molecular weight excluding hydrogens is 218 g/mol. The van der Waals surface area contributed by atoms with Gasteiger partial charge >= 0.3 is 0 Å². The van der Waals surface area contributed by atoms with Gasteiger partial charge in [0.05, 0.1) is 11.7 Å². The van der Waals surface area contributed by atoms with E-state index in [4.69, 9.17) is 5.73 Å². The number of hydrogen-bond acceptors (Lipinski definition) is 4. The molecule has 1 heterocycles. The van der Waals surface area contributed by atoms with E-state index in [-0.39, 0.29) is 11.7 Å². The Kier molecular flexibility index (Phi) is 3.10. The number of amides is 1. The van der Waals surface area contributed by atoms with E-state index in [9.17, 15) is 9.59 Å². The van der Waals surface area contributed by atoms with E-state index in [0.717, 1.165) is 5.69 Å². The van der Waals surface area contributed by atoms with Crippen molar-refractivity contribution < 1.29 is 9.59 Å². The summed E-state index contributed by atoms with van der Waals surface area (Å²) in [5, 5.41) is 1.77. The zero-order valence-corrected chi connectivity index (χ0v) is 9.64. The van der Waals surface area contributed by atoms with Crippen LogP contribution in [0.3, 0.4) is 0 Å². The van der Waals surface area contributed by atoms with Gasteiger partial charge in [-0.15, -0.1) is 0 Å². The molecule has 5 heteroatoms. The highest BCUT2D eigenvalue weighted by atomic mass is 16.2. The van der Waals surface area contributed by atoms with Crippen LogP contribution in [-0.2, 0) is 4.79 Å². The van der Waals surface area contributed by atoms with E-state index >= 15 is 0 Å². The Labute approximate surface area is 99.6 Å². The monoisotopic (exact) mass is 233 g/mol. The Hall–Kier alpha value is -1.88. The number of hydrogen-bond donors (Lipinski definition) is 2. The SMILES string of the molecule is CC(N)C(=O)c1ccc(N2CCC(=O)N2)cc1. The number of anilines is 1. The molecule has 1 unspecified atom stereocenters. The zero-order valence-electron chi connectivity index (χ0n) is 9.64. The van der Waals surface area contributed by atoms with Gasteiger partial charge in [0.1, 0.15) is 0 Å². The van der Waals surface area contributed by atoms with E-state index in [0.29, 0.717) is 18.5 Å². The van der Waals surface area contributed by atoms with Gasteiger partial charge in [-0.3, -0.25) is 20.0 Å². The van der Waals surface area contributed by atoms with Crippen LogP contribution < -0.4 is 16.2 Å². The third kappa shape index (κ3) is 2.45. The molecule has 0 radical (unpaired) electrons. The van der Waals surface area contributed by atoms with Crippen LogP contribution in [0.15, 0.2) is 24.3 Å². The third-order valence-corrected chi connectivity index (χ3v) is 2.70. The maximum atomic E-state index is 11.6. The second-order valence-electron chi connectivity index (χ2n) is 4.14. The molecule has 1 aromatic carbocycles. The highest BCUT2D eigenvalue weighted by molar-refractivity contribution is 6.00. The van der Waals surface area contributed by atoms with Crippen LogP contribution >= 0.6 is 0 Å². The maximum Gasteiger partial charge on any atom is 0.240 e. The van der Waals surface area contributed by atoms with E-state index in [1.807, 2.05) is 0 Å². The van der Waals surface area contributed by atoms with Gasteiger partial charge in [0.25, 0.3) is 0 Å². The number of hydrazine groups is 1. The lowest BCUT2D eigenvalue weighted by Crippen LogP contribution is -2.33. The molecule has 1 aliphatic heterocycles. The maximum absolute atomic E-state index is 11.6. The number of carbonyl (C=O) groups is 2. The molecule has 1 aliphatic rings. The van der Waals surface area contributed by atoms with Gasteiger partial charge in [0.2, 0.25) is 5.91 Å². The van der Waals surface area contributed by atoms with Crippen LogP contribution in [-0.4, -0.2) is 24.3 Å². The molecule has 5 nitrogen and oxygen atoms in total. The van der Waals surface area contributed by atoms with Gasteiger partial charge in [0.15, 0.2) is 5.78 Å². The molecule has 0 bridgehead atoms. The van der Waals surface area contributed by atoms with Crippen LogP contribution in [0.4, 0.5) is 5.69 Å². The number of benzene rings is 1. The largest absolute Gasteiger partial charge is 0.321 e. The van der Waals surface area contributed by atoms with Crippen molar-refractivity contribution in [1.29, 1.82) is 0 Å². The van der Waals surface area contributed by atoms with E-state index in [1.165, 1.54) is 0 Å². The lowest BCUT2D eigenvalue weighted by molar-refractivity contribution is -0.119.